The number of pyridine rings is 1. The lowest BCUT2D eigenvalue weighted by atomic mass is 10.1. The highest BCUT2D eigenvalue weighted by Crippen LogP contribution is 2.23. The quantitative estimate of drug-likeness (QED) is 0.712. The zero-order chi connectivity index (χ0) is 15.9. The largest absolute Gasteiger partial charge is 0.508 e. The van der Waals surface area contributed by atoms with Gasteiger partial charge in [0.1, 0.15) is 5.75 Å². The number of anilines is 1. The summed E-state index contributed by atoms with van der Waals surface area (Å²) in [6, 6.07) is 8.10. The molecule has 22 heavy (non-hydrogen) atoms. The van der Waals surface area contributed by atoms with Crippen LogP contribution in [0.15, 0.2) is 30.3 Å². The van der Waals surface area contributed by atoms with Crippen molar-refractivity contribution in [2.45, 2.75) is 13.8 Å². The van der Waals surface area contributed by atoms with Crippen molar-refractivity contribution in [2.24, 2.45) is 7.05 Å². The molecule has 0 fully saturated rings. The number of benzene rings is 1. The Morgan fingerprint density at radius 2 is 1.91 bits per heavy atom. The molecule has 6 nitrogen and oxygen atoms in total. The van der Waals surface area contributed by atoms with Crippen LogP contribution in [0.4, 0.5) is 5.69 Å². The van der Waals surface area contributed by atoms with Crippen LogP contribution in [0.2, 0.25) is 0 Å². The van der Waals surface area contributed by atoms with Gasteiger partial charge in [0, 0.05) is 18.4 Å². The second kappa shape index (κ2) is 5.14. The van der Waals surface area contributed by atoms with Gasteiger partial charge in [-0.2, -0.15) is 5.10 Å². The molecule has 3 rings (SSSR count). The van der Waals surface area contributed by atoms with Crippen molar-refractivity contribution in [1.82, 2.24) is 14.8 Å². The number of aromatic nitrogens is 3. The van der Waals surface area contributed by atoms with E-state index in [1.165, 1.54) is 12.1 Å². The number of carbonyl (C=O) groups excluding carboxylic acids is 1. The SMILES string of the molecule is Cc1cc(C(=O)Nc2ccc(O)cc2)c2c(C)nn(C)c2n1. The van der Waals surface area contributed by atoms with Crippen LogP contribution in [0.5, 0.6) is 5.75 Å². The highest BCUT2D eigenvalue weighted by atomic mass is 16.3. The van der Waals surface area contributed by atoms with Crippen LogP contribution in [0.3, 0.4) is 0 Å². The zero-order valence-corrected chi connectivity index (χ0v) is 12.6. The highest BCUT2D eigenvalue weighted by Gasteiger charge is 2.17. The fraction of sp³-hybridized carbons (Fsp3) is 0.188. The molecule has 0 atom stereocenters. The summed E-state index contributed by atoms with van der Waals surface area (Å²) < 4.78 is 1.68. The van der Waals surface area contributed by atoms with Gasteiger partial charge < -0.3 is 10.4 Å². The average molecular weight is 296 g/mol. The Bertz CT molecular complexity index is 866. The molecule has 6 heteroatoms. The molecule has 0 saturated carbocycles. The highest BCUT2D eigenvalue weighted by molar-refractivity contribution is 6.12. The van der Waals surface area contributed by atoms with Gasteiger partial charge in [-0.05, 0) is 44.2 Å². The standard InChI is InChI=1S/C16H16N4O2/c1-9-8-13(14-10(2)19-20(3)15(14)17-9)16(22)18-11-4-6-12(21)7-5-11/h4-8,21H,1-3H3,(H,18,22). The minimum absolute atomic E-state index is 0.156. The van der Waals surface area contributed by atoms with E-state index in [1.54, 1.807) is 22.9 Å². The van der Waals surface area contributed by atoms with Gasteiger partial charge in [0.25, 0.3) is 5.91 Å². The van der Waals surface area contributed by atoms with Gasteiger partial charge in [-0.3, -0.25) is 9.48 Å². The van der Waals surface area contributed by atoms with E-state index in [2.05, 4.69) is 15.4 Å². The molecule has 0 aliphatic carbocycles. The normalized spacial score (nSPS) is 10.9. The van der Waals surface area contributed by atoms with E-state index < -0.39 is 0 Å². The van der Waals surface area contributed by atoms with E-state index in [4.69, 9.17) is 0 Å². The smallest absolute Gasteiger partial charge is 0.256 e. The molecule has 0 aliphatic heterocycles. The van der Waals surface area contributed by atoms with Gasteiger partial charge >= 0.3 is 0 Å². The van der Waals surface area contributed by atoms with E-state index in [0.717, 1.165) is 16.8 Å². The summed E-state index contributed by atoms with van der Waals surface area (Å²) in [7, 11) is 1.81. The number of fused-ring (bicyclic) bond motifs is 1. The van der Waals surface area contributed by atoms with Crippen molar-refractivity contribution in [1.29, 1.82) is 0 Å². The Hall–Kier alpha value is -2.89. The van der Waals surface area contributed by atoms with Crippen LogP contribution in [-0.4, -0.2) is 25.8 Å². The fourth-order valence-corrected chi connectivity index (χ4v) is 2.49. The average Bonchev–Trinajstić information content (AvgIpc) is 2.75. The van der Waals surface area contributed by atoms with E-state index in [-0.39, 0.29) is 11.7 Å². The lowest BCUT2D eigenvalue weighted by Crippen LogP contribution is -2.13. The number of aromatic hydroxyl groups is 1. The first-order valence-corrected chi connectivity index (χ1v) is 6.87. The number of carbonyl (C=O) groups is 1. The number of aryl methyl sites for hydroxylation is 3. The maximum Gasteiger partial charge on any atom is 0.256 e. The van der Waals surface area contributed by atoms with Crippen LogP contribution in [0.25, 0.3) is 11.0 Å². The number of amides is 1. The lowest BCUT2D eigenvalue weighted by Gasteiger charge is -2.08. The molecule has 1 amide bonds. The van der Waals surface area contributed by atoms with Crippen molar-refractivity contribution in [3.63, 3.8) is 0 Å². The predicted molar refractivity (Wildman–Crippen MR) is 84.0 cm³/mol. The number of hydrogen-bond acceptors (Lipinski definition) is 4. The second-order valence-electron chi connectivity index (χ2n) is 5.22. The van der Waals surface area contributed by atoms with Gasteiger partial charge in [0.05, 0.1) is 16.6 Å². The molecule has 0 unspecified atom stereocenters. The third-order valence-corrected chi connectivity index (χ3v) is 3.47. The lowest BCUT2D eigenvalue weighted by molar-refractivity contribution is 0.102. The van der Waals surface area contributed by atoms with Gasteiger partial charge in [0.15, 0.2) is 5.65 Å². The molecular weight excluding hydrogens is 280 g/mol. The summed E-state index contributed by atoms with van der Waals surface area (Å²) in [6.45, 7) is 3.70. The zero-order valence-electron chi connectivity index (χ0n) is 12.6. The van der Waals surface area contributed by atoms with Crippen molar-refractivity contribution in [3.8, 4) is 5.75 Å². The van der Waals surface area contributed by atoms with Crippen molar-refractivity contribution in [2.75, 3.05) is 5.32 Å². The Labute approximate surface area is 127 Å². The van der Waals surface area contributed by atoms with E-state index in [1.807, 2.05) is 20.9 Å². The van der Waals surface area contributed by atoms with Crippen LogP contribution in [0, 0.1) is 13.8 Å². The summed E-state index contributed by atoms with van der Waals surface area (Å²) in [6.07, 6.45) is 0. The molecule has 2 N–H and O–H groups in total. The minimum atomic E-state index is -0.225. The molecule has 112 valence electrons. The molecule has 2 heterocycles. The number of phenolic OH excluding ortho intramolecular Hbond substituents is 1. The van der Waals surface area contributed by atoms with E-state index >= 15 is 0 Å². The first-order valence-electron chi connectivity index (χ1n) is 6.87. The fourth-order valence-electron chi connectivity index (χ4n) is 2.49. The van der Waals surface area contributed by atoms with Crippen LogP contribution < -0.4 is 5.32 Å². The summed E-state index contributed by atoms with van der Waals surface area (Å²) in [5.74, 6) is -0.0689. The Morgan fingerprint density at radius 3 is 2.59 bits per heavy atom. The number of phenols is 1. The molecule has 0 radical (unpaired) electrons. The molecule has 0 bridgehead atoms. The van der Waals surface area contributed by atoms with Gasteiger partial charge in [-0.1, -0.05) is 0 Å². The van der Waals surface area contributed by atoms with Crippen LogP contribution in [-0.2, 0) is 7.05 Å². The first-order chi connectivity index (χ1) is 10.5. The molecule has 0 spiro atoms. The molecule has 0 saturated heterocycles. The predicted octanol–water partition coefficient (Wildman–Crippen LogP) is 2.54. The Balaban J connectivity index is 2.05. The topological polar surface area (TPSA) is 80.0 Å². The van der Waals surface area contributed by atoms with E-state index in [0.29, 0.717) is 16.9 Å². The summed E-state index contributed by atoms with van der Waals surface area (Å²) in [5.41, 5.74) is 3.37. The Morgan fingerprint density at radius 1 is 1.23 bits per heavy atom. The summed E-state index contributed by atoms with van der Waals surface area (Å²) in [4.78, 5) is 17.0. The molecule has 2 aromatic heterocycles. The third kappa shape index (κ3) is 2.39. The number of nitrogens with one attached hydrogen (secondary N) is 1. The van der Waals surface area contributed by atoms with E-state index in [9.17, 15) is 9.90 Å². The van der Waals surface area contributed by atoms with Gasteiger partial charge in [-0.15, -0.1) is 0 Å². The molecule has 3 aromatic rings. The van der Waals surface area contributed by atoms with Crippen molar-refractivity contribution >= 4 is 22.6 Å². The summed E-state index contributed by atoms with van der Waals surface area (Å²) >= 11 is 0. The second-order valence-corrected chi connectivity index (χ2v) is 5.22. The van der Waals surface area contributed by atoms with Gasteiger partial charge in [-0.25, -0.2) is 4.98 Å². The van der Waals surface area contributed by atoms with Crippen LogP contribution >= 0.6 is 0 Å². The maximum absolute atomic E-state index is 12.6. The monoisotopic (exact) mass is 296 g/mol. The summed E-state index contributed by atoms with van der Waals surface area (Å²) in [5, 5.41) is 17.2. The van der Waals surface area contributed by atoms with Crippen molar-refractivity contribution < 1.29 is 9.90 Å². The van der Waals surface area contributed by atoms with Gasteiger partial charge in [0.2, 0.25) is 0 Å². The first kappa shape index (κ1) is 14.1. The number of nitrogens with zero attached hydrogens (tertiary/aromatic N) is 3. The number of hydrogen-bond donors (Lipinski definition) is 2. The molecular formula is C16H16N4O2. The minimum Gasteiger partial charge on any atom is -0.508 e. The maximum atomic E-state index is 12.6. The molecule has 0 aliphatic rings. The number of rotatable bonds is 2. The van der Waals surface area contributed by atoms with Crippen LogP contribution in [0.1, 0.15) is 21.7 Å². The Kier molecular flexibility index (Phi) is 3.29. The molecule has 1 aromatic carbocycles. The third-order valence-electron chi connectivity index (χ3n) is 3.47. The van der Waals surface area contributed by atoms with Crippen molar-refractivity contribution in [3.05, 3.63) is 47.3 Å².